The summed E-state index contributed by atoms with van der Waals surface area (Å²) in [5, 5.41) is 8.17. The van der Waals surface area contributed by atoms with E-state index in [1.807, 2.05) is 26.9 Å². The largest absolute Gasteiger partial charge is 0.462 e. The van der Waals surface area contributed by atoms with E-state index in [1.165, 1.54) is 0 Å². The molecule has 1 nitrogen and oxygen atoms in total. The van der Waals surface area contributed by atoms with Gasteiger partial charge in [0.2, 0.25) is 0 Å². The predicted molar refractivity (Wildman–Crippen MR) is 33.8 cm³/mol. The third-order valence-electron chi connectivity index (χ3n) is 1.28. The Balaban J connectivity index is 3.85. The molecule has 0 aromatic heterocycles. The third kappa shape index (κ3) is 2.52. The van der Waals surface area contributed by atoms with E-state index in [1.54, 1.807) is 0 Å². The summed E-state index contributed by atoms with van der Waals surface area (Å²) in [6.45, 7) is 6.04. The normalized spacial score (nSPS) is 9.88. The number of rotatable bonds is 1. The zero-order chi connectivity index (χ0) is 6.62. The van der Waals surface area contributed by atoms with E-state index >= 15 is 0 Å². The molecular formula is C7H12O. The first-order valence-corrected chi connectivity index (χ1v) is 2.78. The van der Waals surface area contributed by atoms with E-state index in [-0.39, 0.29) is 5.41 Å². The highest BCUT2D eigenvalue weighted by atomic mass is 16.2. The van der Waals surface area contributed by atoms with Crippen LogP contribution in [0.4, 0.5) is 0 Å². The molecule has 0 bridgehead atoms. The Hall–Kier alpha value is -0.640. The first kappa shape index (κ1) is 7.36. The Bertz CT molecular complexity index is 114. The Morgan fingerprint density at radius 3 is 2.12 bits per heavy atom. The van der Waals surface area contributed by atoms with Crippen LogP contribution in [0.3, 0.4) is 0 Å². The molecule has 0 atom stereocenters. The second-order valence-electron chi connectivity index (χ2n) is 2.47. The van der Waals surface area contributed by atoms with E-state index in [0.717, 1.165) is 6.42 Å². The van der Waals surface area contributed by atoms with Gasteiger partial charge in [0.05, 0.1) is 0 Å². The lowest BCUT2D eigenvalue weighted by atomic mass is 9.92. The van der Waals surface area contributed by atoms with Crippen molar-refractivity contribution in [3.63, 3.8) is 0 Å². The minimum absolute atomic E-state index is 0.0191. The van der Waals surface area contributed by atoms with Crippen molar-refractivity contribution in [3.8, 4) is 12.0 Å². The van der Waals surface area contributed by atoms with Gasteiger partial charge in [0.25, 0.3) is 0 Å². The average Bonchev–Trinajstić information content (AvgIpc) is 1.67. The van der Waals surface area contributed by atoms with Crippen LogP contribution in [-0.2, 0) is 0 Å². The summed E-state index contributed by atoms with van der Waals surface area (Å²) in [6.07, 6.45) is 2.88. The van der Waals surface area contributed by atoms with Gasteiger partial charge in [-0.1, -0.05) is 12.8 Å². The fourth-order valence-electron chi connectivity index (χ4n) is 0.240. The van der Waals surface area contributed by atoms with Crippen molar-refractivity contribution in [1.29, 1.82) is 0 Å². The SMILES string of the molecule is CCC(C)(C)C#CO. The second-order valence-corrected chi connectivity index (χ2v) is 2.47. The number of hydrogen-bond acceptors (Lipinski definition) is 1. The molecule has 0 aromatic carbocycles. The molecule has 8 heavy (non-hydrogen) atoms. The minimum atomic E-state index is -0.0191. The van der Waals surface area contributed by atoms with Crippen molar-refractivity contribution in [2.45, 2.75) is 27.2 Å². The molecule has 0 unspecified atom stereocenters. The van der Waals surface area contributed by atoms with Crippen LogP contribution in [0.2, 0.25) is 0 Å². The summed E-state index contributed by atoms with van der Waals surface area (Å²) >= 11 is 0. The summed E-state index contributed by atoms with van der Waals surface area (Å²) in [6, 6.07) is 0. The molecular weight excluding hydrogens is 100 g/mol. The van der Waals surface area contributed by atoms with Crippen molar-refractivity contribution in [3.05, 3.63) is 0 Å². The van der Waals surface area contributed by atoms with Crippen LogP contribution in [0.5, 0.6) is 0 Å². The van der Waals surface area contributed by atoms with E-state index in [4.69, 9.17) is 5.11 Å². The monoisotopic (exact) mass is 112 g/mol. The van der Waals surface area contributed by atoms with Crippen LogP contribution in [0.15, 0.2) is 0 Å². The fourth-order valence-corrected chi connectivity index (χ4v) is 0.240. The van der Waals surface area contributed by atoms with Crippen molar-refractivity contribution in [1.82, 2.24) is 0 Å². The Kier molecular flexibility index (Phi) is 2.41. The van der Waals surface area contributed by atoms with Crippen molar-refractivity contribution < 1.29 is 5.11 Å². The molecule has 0 heterocycles. The van der Waals surface area contributed by atoms with Gasteiger partial charge in [0, 0.05) is 5.41 Å². The second kappa shape index (κ2) is 2.61. The molecule has 0 rings (SSSR count). The van der Waals surface area contributed by atoms with Crippen molar-refractivity contribution in [2.24, 2.45) is 5.41 Å². The van der Waals surface area contributed by atoms with Gasteiger partial charge in [0.15, 0.2) is 0 Å². The lowest BCUT2D eigenvalue weighted by Crippen LogP contribution is -2.04. The van der Waals surface area contributed by atoms with Gasteiger partial charge in [0.1, 0.15) is 6.11 Å². The van der Waals surface area contributed by atoms with Crippen LogP contribution in [0.1, 0.15) is 27.2 Å². The fraction of sp³-hybridized carbons (Fsp3) is 0.714. The first-order valence-electron chi connectivity index (χ1n) is 2.78. The van der Waals surface area contributed by atoms with Gasteiger partial charge in [-0.15, -0.1) is 0 Å². The maximum absolute atomic E-state index is 8.17. The molecule has 0 aliphatic rings. The molecule has 46 valence electrons. The highest BCUT2D eigenvalue weighted by Crippen LogP contribution is 2.16. The topological polar surface area (TPSA) is 20.2 Å². The van der Waals surface area contributed by atoms with Crippen LogP contribution in [0, 0.1) is 17.4 Å². The molecule has 1 N–H and O–H groups in total. The molecule has 0 spiro atoms. The molecule has 0 fully saturated rings. The molecule has 0 saturated heterocycles. The van der Waals surface area contributed by atoms with Gasteiger partial charge in [-0.05, 0) is 20.3 Å². The van der Waals surface area contributed by atoms with Crippen LogP contribution in [0.25, 0.3) is 0 Å². The van der Waals surface area contributed by atoms with Crippen LogP contribution >= 0.6 is 0 Å². The summed E-state index contributed by atoms with van der Waals surface area (Å²) in [5.41, 5.74) is -0.0191. The third-order valence-corrected chi connectivity index (χ3v) is 1.28. The minimum Gasteiger partial charge on any atom is -0.462 e. The van der Waals surface area contributed by atoms with Crippen LogP contribution < -0.4 is 0 Å². The zero-order valence-corrected chi connectivity index (χ0v) is 5.65. The van der Waals surface area contributed by atoms with Crippen molar-refractivity contribution >= 4 is 0 Å². The Morgan fingerprint density at radius 2 is 2.00 bits per heavy atom. The van der Waals surface area contributed by atoms with Crippen LogP contribution in [-0.4, -0.2) is 5.11 Å². The molecule has 0 radical (unpaired) electrons. The molecule has 0 aliphatic heterocycles. The maximum Gasteiger partial charge on any atom is 0.108 e. The maximum atomic E-state index is 8.17. The lowest BCUT2D eigenvalue weighted by molar-refractivity contribution is 0.465. The van der Waals surface area contributed by atoms with Gasteiger partial charge >= 0.3 is 0 Å². The summed E-state index contributed by atoms with van der Waals surface area (Å²) in [5.74, 6) is 2.68. The highest BCUT2D eigenvalue weighted by Gasteiger charge is 2.09. The Morgan fingerprint density at radius 1 is 1.50 bits per heavy atom. The first-order chi connectivity index (χ1) is 3.62. The van der Waals surface area contributed by atoms with Gasteiger partial charge in [-0.25, -0.2) is 0 Å². The number of aliphatic hydroxyl groups is 1. The molecule has 0 saturated carbocycles. The average molecular weight is 112 g/mol. The highest BCUT2D eigenvalue weighted by molar-refractivity contribution is 5.02. The van der Waals surface area contributed by atoms with E-state index in [0.29, 0.717) is 0 Å². The standard InChI is InChI=1S/C7H12O/c1-4-7(2,3)5-6-8/h8H,4H2,1-3H3. The Labute approximate surface area is 50.7 Å². The van der Waals surface area contributed by atoms with Gasteiger partial charge in [-0.2, -0.15) is 0 Å². The number of aliphatic hydroxyl groups excluding tert-OH is 1. The quantitative estimate of drug-likeness (QED) is 0.512. The van der Waals surface area contributed by atoms with Gasteiger partial charge in [-0.3, -0.25) is 0 Å². The summed E-state index contributed by atoms with van der Waals surface area (Å²) in [7, 11) is 0. The lowest BCUT2D eigenvalue weighted by Gasteiger charge is -2.11. The predicted octanol–water partition coefficient (Wildman–Crippen LogP) is 1.76. The molecule has 1 heteroatoms. The van der Waals surface area contributed by atoms with Gasteiger partial charge < -0.3 is 5.11 Å². The molecule has 0 aliphatic carbocycles. The summed E-state index contributed by atoms with van der Waals surface area (Å²) < 4.78 is 0. The van der Waals surface area contributed by atoms with E-state index in [2.05, 4.69) is 5.92 Å². The zero-order valence-electron chi connectivity index (χ0n) is 5.65. The van der Waals surface area contributed by atoms with E-state index < -0.39 is 0 Å². The molecule has 0 amide bonds. The smallest absolute Gasteiger partial charge is 0.108 e. The summed E-state index contributed by atoms with van der Waals surface area (Å²) in [4.78, 5) is 0. The number of hydrogen-bond donors (Lipinski definition) is 1. The van der Waals surface area contributed by atoms with Crippen molar-refractivity contribution in [2.75, 3.05) is 0 Å². The molecule has 0 aromatic rings. The van der Waals surface area contributed by atoms with E-state index in [9.17, 15) is 0 Å².